The number of amides is 1. The molecule has 280 valence electrons. The molecule has 1 saturated heterocycles. The van der Waals surface area contributed by atoms with Crippen molar-refractivity contribution >= 4 is 57.1 Å². The van der Waals surface area contributed by atoms with Gasteiger partial charge in [0.25, 0.3) is 0 Å². The summed E-state index contributed by atoms with van der Waals surface area (Å²) in [7, 11) is -3.92. The van der Waals surface area contributed by atoms with E-state index in [1.807, 2.05) is 42.5 Å². The summed E-state index contributed by atoms with van der Waals surface area (Å²) in [6, 6.07) is 14.2. The number of anilines is 1. The number of benzene rings is 2. The highest BCUT2D eigenvalue weighted by molar-refractivity contribution is 7.97. The van der Waals surface area contributed by atoms with E-state index in [0.29, 0.717) is 38.6 Å². The molecule has 1 amide bonds. The molecular weight excluding hydrogens is 728 g/mol. The van der Waals surface area contributed by atoms with Crippen LogP contribution in [0.15, 0.2) is 70.6 Å². The standard InChI is InChI=1S/C36H45ClN6O7S2/c1-3-50-36(47)28(40-23(2)34(44)43-19-7-11-30(43)35(45)46)10-6-8-24-12-14-25(15-13-24)22-39-52(48,49)32-21-31-29(20-27(32)37)41-33(42-51-31)17-16-26-9-4-5-18-38-26/h4-5,9,12-15,18,20-21,23,28,30,33,39-42H,3,6-8,10-11,16-17,19,22H2,1-2H3,(H,45,46)/t23?,28-,30-,33-/m0/s1. The normalized spacial score (nSPS) is 18.2. The van der Waals surface area contributed by atoms with Gasteiger partial charge in [0.15, 0.2) is 0 Å². The van der Waals surface area contributed by atoms with Crippen LogP contribution in [0.25, 0.3) is 0 Å². The Morgan fingerprint density at radius 1 is 1.13 bits per heavy atom. The van der Waals surface area contributed by atoms with Crippen LogP contribution in [0.3, 0.4) is 0 Å². The summed E-state index contributed by atoms with van der Waals surface area (Å²) in [5.41, 5.74) is 3.51. The number of carboxylic acid groups (broad SMARTS) is 1. The maximum absolute atomic E-state index is 13.3. The Morgan fingerprint density at radius 2 is 1.90 bits per heavy atom. The van der Waals surface area contributed by atoms with Gasteiger partial charge in [0.2, 0.25) is 15.9 Å². The molecule has 52 heavy (non-hydrogen) atoms. The number of aromatic nitrogens is 1. The van der Waals surface area contributed by atoms with Crippen LogP contribution in [0.5, 0.6) is 0 Å². The molecule has 2 aliphatic rings. The van der Waals surface area contributed by atoms with Crippen LogP contribution >= 0.6 is 23.5 Å². The number of fused-ring (bicyclic) bond motifs is 1. The minimum atomic E-state index is -3.92. The number of hydrogen-bond donors (Lipinski definition) is 5. The maximum Gasteiger partial charge on any atom is 0.326 e. The second-order valence-electron chi connectivity index (χ2n) is 12.8. The van der Waals surface area contributed by atoms with Gasteiger partial charge in [-0.05, 0) is 106 Å². The van der Waals surface area contributed by atoms with Crippen molar-refractivity contribution in [1.29, 1.82) is 0 Å². The van der Waals surface area contributed by atoms with Crippen LogP contribution in [0, 0.1) is 0 Å². The molecule has 3 aromatic rings. The SMILES string of the molecule is CCOC(=O)[C@H](CCCc1ccc(CNS(=O)(=O)c2cc3c(cc2Cl)N[C@H](CCc2ccccn2)NS3)cc1)NC(C)C(=O)N1CCC[C@H]1C(=O)O. The van der Waals surface area contributed by atoms with Crippen LogP contribution < -0.4 is 20.1 Å². The minimum absolute atomic E-state index is 0.00418. The van der Waals surface area contributed by atoms with Crippen molar-refractivity contribution in [3.05, 3.63) is 82.6 Å². The highest BCUT2D eigenvalue weighted by Gasteiger charge is 2.37. The molecule has 2 aliphatic heterocycles. The number of sulfonamides is 1. The molecule has 0 bridgehead atoms. The lowest BCUT2D eigenvalue weighted by Gasteiger charge is -2.28. The quantitative estimate of drug-likeness (QED) is 0.0960. The first-order chi connectivity index (χ1) is 24.9. The van der Waals surface area contributed by atoms with Gasteiger partial charge < -0.3 is 20.1 Å². The first-order valence-corrected chi connectivity index (χ1v) is 20.1. The molecule has 5 rings (SSSR count). The third-order valence-corrected chi connectivity index (χ3v) is 11.9. The van der Waals surface area contributed by atoms with E-state index >= 15 is 0 Å². The molecule has 0 spiro atoms. The van der Waals surface area contributed by atoms with Crippen LogP contribution in [0.1, 0.15) is 62.8 Å². The number of carbonyl (C=O) groups excluding carboxylic acids is 2. The fraction of sp³-hybridized carbons (Fsp3) is 0.444. The highest BCUT2D eigenvalue weighted by Crippen LogP contribution is 2.37. The van der Waals surface area contributed by atoms with Crippen molar-refractivity contribution in [2.24, 2.45) is 0 Å². The Labute approximate surface area is 313 Å². The summed E-state index contributed by atoms with van der Waals surface area (Å²) in [5, 5.41) is 16.0. The number of halogens is 1. The molecule has 1 fully saturated rings. The van der Waals surface area contributed by atoms with Gasteiger partial charge in [0, 0.05) is 29.9 Å². The molecule has 5 N–H and O–H groups in total. The molecule has 0 aliphatic carbocycles. The third kappa shape index (κ3) is 10.4. The van der Waals surface area contributed by atoms with Gasteiger partial charge in [0.05, 0.1) is 29.5 Å². The summed E-state index contributed by atoms with van der Waals surface area (Å²) >= 11 is 7.85. The lowest BCUT2D eigenvalue weighted by Crippen LogP contribution is -2.53. The van der Waals surface area contributed by atoms with Crippen LogP contribution in [0.2, 0.25) is 5.02 Å². The average Bonchev–Trinajstić information content (AvgIpc) is 3.64. The molecule has 1 unspecified atom stereocenters. The Morgan fingerprint density at radius 3 is 2.62 bits per heavy atom. The van der Waals surface area contributed by atoms with Gasteiger partial charge in [-0.1, -0.05) is 41.9 Å². The summed E-state index contributed by atoms with van der Waals surface area (Å²) in [5.74, 6) is -1.85. The molecule has 2 aromatic carbocycles. The fourth-order valence-electron chi connectivity index (χ4n) is 6.27. The van der Waals surface area contributed by atoms with Crippen molar-refractivity contribution < 1.29 is 32.6 Å². The number of carboxylic acids is 1. The van der Waals surface area contributed by atoms with Gasteiger partial charge in [-0.15, -0.1) is 0 Å². The maximum atomic E-state index is 13.3. The Bertz CT molecular complexity index is 1820. The van der Waals surface area contributed by atoms with E-state index in [1.54, 1.807) is 32.2 Å². The first-order valence-electron chi connectivity index (χ1n) is 17.4. The van der Waals surface area contributed by atoms with E-state index in [1.165, 1.54) is 16.8 Å². The number of hydrogen-bond acceptors (Lipinski definition) is 11. The van der Waals surface area contributed by atoms with Gasteiger partial charge in [-0.3, -0.25) is 19.9 Å². The number of rotatable bonds is 17. The number of carbonyl (C=O) groups is 3. The molecule has 0 radical (unpaired) electrons. The molecule has 0 saturated carbocycles. The second kappa shape index (κ2) is 18.3. The summed E-state index contributed by atoms with van der Waals surface area (Å²) < 4.78 is 37.8. The van der Waals surface area contributed by atoms with Crippen LogP contribution in [-0.4, -0.2) is 78.7 Å². The monoisotopic (exact) mass is 772 g/mol. The molecule has 16 heteroatoms. The van der Waals surface area contributed by atoms with Crippen molar-refractivity contribution in [2.75, 3.05) is 18.5 Å². The van der Waals surface area contributed by atoms with E-state index in [2.05, 4.69) is 25.1 Å². The van der Waals surface area contributed by atoms with Gasteiger partial charge in [-0.25, -0.2) is 22.7 Å². The third-order valence-electron chi connectivity index (χ3n) is 9.04. The van der Waals surface area contributed by atoms with Crippen molar-refractivity contribution in [3.63, 3.8) is 0 Å². The average molecular weight is 773 g/mol. The highest BCUT2D eigenvalue weighted by atomic mass is 35.5. The van der Waals surface area contributed by atoms with Crippen LogP contribution in [-0.2, 0) is 48.5 Å². The van der Waals surface area contributed by atoms with E-state index < -0.39 is 40.1 Å². The number of pyridine rings is 1. The minimum Gasteiger partial charge on any atom is -0.480 e. The zero-order valence-electron chi connectivity index (χ0n) is 29.1. The second-order valence-corrected chi connectivity index (χ2v) is 15.8. The lowest BCUT2D eigenvalue weighted by molar-refractivity contribution is -0.150. The predicted molar refractivity (Wildman–Crippen MR) is 199 cm³/mol. The van der Waals surface area contributed by atoms with Crippen molar-refractivity contribution in [3.8, 4) is 0 Å². The molecule has 4 atom stereocenters. The number of aliphatic carboxylic acids is 1. The first kappa shape index (κ1) is 39.5. The number of nitrogens with zero attached hydrogens (tertiary/aromatic N) is 2. The number of ether oxygens (including phenoxy) is 1. The lowest BCUT2D eigenvalue weighted by atomic mass is 10.0. The van der Waals surface area contributed by atoms with E-state index in [4.69, 9.17) is 16.3 Å². The largest absolute Gasteiger partial charge is 0.480 e. The number of esters is 1. The zero-order chi connectivity index (χ0) is 37.3. The number of aryl methyl sites for hydroxylation is 2. The molecular formula is C36H45ClN6O7S2. The predicted octanol–water partition coefficient (Wildman–Crippen LogP) is 4.50. The number of nitrogens with one attached hydrogen (secondary N) is 4. The molecule has 1 aromatic heterocycles. The molecule has 3 heterocycles. The van der Waals surface area contributed by atoms with E-state index in [-0.39, 0.29) is 35.1 Å². The Balaban J connectivity index is 1.11. The Hall–Kier alpha value is -3.73. The topological polar surface area (TPSA) is 179 Å². The Kier molecular flexibility index (Phi) is 13.9. The summed E-state index contributed by atoms with van der Waals surface area (Å²) in [6.07, 6.45) is 5.96. The van der Waals surface area contributed by atoms with E-state index in [9.17, 15) is 27.9 Å². The summed E-state index contributed by atoms with van der Waals surface area (Å²) in [6.45, 7) is 3.97. The van der Waals surface area contributed by atoms with Crippen molar-refractivity contribution in [2.45, 2.75) is 99.4 Å². The van der Waals surface area contributed by atoms with Crippen molar-refractivity contribution in [1.82, 2.24) is 24.6 Å². The van der Waals surface area contributed by atoms with Crippen LogP contribution in [0.4, 0.5) is 5.69 Å². The smallest absolute Gasteiger partial charge is 0.326 e. The van der Waals surface area contributed by atoms with Gasteiger partial charge in [0.1, 0.15) is 17.0 Å². The van der Waals surface area contributed by atoms with Gasteiger partial charge >= 0.3 is 11.9 Å². The fourth-order valence-corrected chi connectivity index (χ4v) is 8.76. The van der Waals surface area contributed by atoms with Gasteiger partial charge in [-0.2, -0.15) is 0 Å². The summed E-state index contributed by atoms with van der Waals surface area (Å²) in [4.78, 5) is 43.8. The number of likely N-dealkylation sites (tertiary alicyclic amines) is 1. The van der Waals surface area contributed by atoms with E-state index in [0.717, 1.165) is 40.2 Å². The zero-order valence-corrected chi connectivity index (χ0v) is 31.5. The molecule has 13 nitrogen and oxygen atoms in total.